The van der Waals surface area contributed by atoms with Gasteiger partial charge in [-0.3, -0.25) is 0 Å². The number of hydrogen-bond donors (Lipinski definition) is 0. The predicted molar refractivity (Wildman–Crippen MR) is 137 cm³/mol. The molecule has 3 heteroatoms. The number of rotatable bonds is 14. The number of ether oxygens (including phenoxy) is 1. The molecule has 0 aliphatic rings. The lowest BCUT2D eigenvalue weighted by atomic mass is 10.0. The van der Waals surface area contributed by atoms with E-state index >= 15 is 0 Å². The maximum Gasteiger partial charge on any atom is 0.341 e. The molecule has 0 N–H and O–H groups in total. The summed E-state index contributed by atoms with van der Waals surface area (Å²) in [7, 11) is 0. The smallest absolute Gasteiger partial charge is 0.341 e. The molecule has 3 nitrogen and oxygen atoms in total. The van der Waals surface area contributed by atoms with Crippen LogP contribution in [0.5, 0.6) is 0 Å². The zero-order valence-corrected chi connectivity index (χ0v) is 20.2. The second kappa shape index (κ2) is 15.8. The first-order chi connectivity index (χ1) is 16.1. The average Bonchev–Trinajstić information content (AvgIpc) is 2.84. The summed E-state index contributed by atoms with van der Waals surface area (Å²) in [5, 5.41) is 0. The van der Waals surface area contributed by atoms with E-state index in [0.717, 1.165) is 62.5 Å². The van der Waals surface area contributed by atoms with E-state index in [1.54, 1.807) is 0 Å². The van der Waals surface area contributed by atoms with Crippen LogP contribution in [0.1, 0.15) is 89.2 Å². The van der Waals surface area contributed by atoms with Crippen molar-refractivity contribution in [3.05, 3.63) is 82.9 Å². The van der Waals surface area contributed by atoms with Crippen LogP contribution in [0.4, 0.5) is 0 Å². The summed E-state index contributed by atoms with van der Waals surface area (Å²) in [6.07, 6.45) is 13.4. The highest BCUT2D eigenvalue weighted by Gasteiger charge is 2.19. The summed E-state index contributed by atoms with van der Waals surface area (Å²) in [4.78, 5) is 26.0. The zero-order valence-electron chi connectivity index (χ0n) is 20.2. The Kier molecular flexibility index (Phi) is 12.6. The first kappa shape index (κ1) is 26.3. The molecule has 0 heterocycles. The summed E-state index contributed by atoms with van der Waals surface area (Å²) in [5.41, 5.74) is 2.98. The van der Waals surface area contributed by atoms with Crippen molar-refractivity contribution in [3.63, 3.8) is 0 Å². The highest BCUT2D eigenvalue weighted by molar-refractivity contribution is 6.05. The van der Waals surface area contributed by atoms with Gasteiger partial charge in [-0.2, -0.15) is 0 Å². The number of esters is 2. The van der Waals surface area contributed by atoms with Gasteiger partial charge in [0.1, 0.15) is 0 Å². The van der Waals surface area contributed by atoms with Crippen LogP contribution in [0.2, 0.25) is 0 Å². The molecule has 0 aliphatic carbocycles. The molecule has 0 spiro atoms. The summed E-state index contributed by atoms with van der Waals surface area (Å²) in [5.74, 6) is -1.07. The summed E-state index contributed by atoms with van der Waals surface area (Å²) >= 11 is 0. The minimum absolute atomic E-state index is 0.534. The van der Waals surface area contributed by atoms with Crippen molar-refractivity contribution in [3.8, 4) is 0 Å². The summed E-state index contributed by atoms with van der Waals surface area (Å²) in [6.45, 7) is 4.32. The molecule has 0 radical (unpaired) electrons. The van der Waals surface area contributed by atoms with E-state index in [1.807, 2.05) is 72.8 Å². The molecule has 0 bridgehead atoms. The van der Waals surface area contributed by atoms with Gasteiger partial charge in [0, 0.05) is 11.1 Å². The Morgan fingerprint density at radius 2 is 1.00 bits per heavy atom. The fraction of sp³-hybridized carbons (Fsp3) is 0.400. The minimum Gasteiger partial charge on any atom is -0.386 e. The molecule has 2 aromatic carbocycles. The first-order valence-corrected chi connectivity index (χ1v) is 12.4. The van der Waals surface area contributed by atoms with Crippen molar-refractivity contribution in [1.29, 1.82) is 0 Å². The van der Waals surface area contributed by atoms with Crippen LogP contribution >= 0.6 is 0 Å². The Hall–Kier alpha value is -2.94. The normalized spacial score (nSPS) is 11.9. The van der Waals surface area contributed by atoms with Crippen molar-refractivity contribution in [2.75, 3.05) is 0 Å². The first-order valence-electron chi connectivity index (χ1n) is 12.4. The Morgan fingerprint density at radius 1 is 0.606 bits per heavy atom. The number of hydrogen-bond acceptors (Lipinski definition) is 3. The number of unbranched alkanes of at least 4 members (excludes halogenated alkanes) is 6. The van der Waals surface area contributed by atoms with Gasteiger partial charge in [0.25, 0.3) is 0 Å². The zero-order chi connectivity index (χ0) is 23.7. The number of carbonyl (C=O) groups excluding carboxylic acids is 2. The Balaban J connectivity index is 2.16. The van der Waals surface area contributed by atoms with E-state index in [4.69, 9.17) is 4.74 Å². The van der Waals surface area contributed by atoms with Crippen LogP contribution in [0.15, 0.2) is 71.8 Å². The second-order valence-electron chi connectivity index (χ2n) is 8.46. The van der Waals surface area contributed by atoms with Gasteiger partial charge >= 0.3 is 11.9 Å². The summed E-state index contributed by atoms with van der Waals surface area (Å²) in [6, 6.07) is 19.5. The molecule has 0 aromatic heterocycles. The predicted octanol–water partition coefficient (Wildman–Crippen LogP) is 8.16. The molecule has 0 fully saturated rings. The highest BCUT2D eigenvalue weighted by Crippen LogP contribution is 2.20. The lowest BCUT2D eigenvalue weighted by Crippen LogP contribution is -2.16. The Morgan fingerprint density at radius 3 is 1.36 bits per heavy atom. The van der Waals surface area contributed by atoms with Crippen LogP contribution in [0.25, 0.3) is 12.2 Å². The van der Waals surface area contributed by atoms with E-state index in [0.29, 0.717) is 24.0 Å². The topological polar surface area (TPSA) is 43.4 Å². The van der Waals surface area contributed by atoms with Gasteiger partial charge in [-0.1, -0.05) is 113 Å². The van der Waals surface area contributed by atoms with Crippen molar-refractivity contribution in [2.24, 2.45) is 0 Å². The molecular weight excluding hydrogens is 408 g/mol. The summed E-state index contributed by atoms with van der Waals surface area (Å²) < 4.78 is 5.42. The standard InChI is InChI=1S/C30H38O3/c1-3-5-7-15-21-27(23-25-17-11-9-12-18-25)29(31)33-30(32)28(22-16-8-6-4-2)24-26-19-13-10-14-20-26/h9-14,17-20,23-24H,3-8,15-16,21-22H2,1-2H3. The van der Waals surface area contributed by atoms with E-state index in [9.17, 15) is 9.59 Å². The van der Waals surface area contributed by atoms with Crippen LogP contribution in [0.3, 0.4) is 0 Å². The quantitative estimate of drug-likeness (QED) is 0.127. The molecule has 0 aliphatic heterocycles. The molecule has 0 unspecified atom stereocenters. The third kappa shape index (κ3) is 10.5. The Labute approximate surface area is 199 Å². The van der Waals surface area contributed by atoms with Gasteiger partial charge in [-0.05, 0) is 49.0 Å². The van der Waals surface area contributed by atoms with Gasteiger partial charge in [-0.25, -0.2) is 9.59 Å². The molecule has 2 aromatic rings. The van der Waals surface area contributed by atoms with E-state index in [2.05, 4.69) is 13.8 Å². The van der Waals surface area contributed by atoms with Gasteiger partial charge in [-0.15, -0.1) is 0 Å². The maximum atomic E-state index is 13.0. The minimum atomic E-state index is -0.534. The molecule has 0 amide bonds. The van der Waals surface area contributed by atoms with E-state index in [-0.39, 0.29) is 0 Å². The van der Waals surface area contributed by atoms with Gasteiger partial charge < -0.3 is 4.74 Å². The fourth-order valence-corrected chi connectivity index (χ4v) is 3.67. The van der Waals surface area contributed by atoms with E-state index in [1.165, 1.54) is 0 Å². The maximum absolute atomic E-state index is 13.0. The molecule has 0 saturated carbocycles. The van der Waals surface area contributed by atoms with E-state index < -0.39 is 11.9 Å². The lowest BCUT2D eigenvalue weighted by molar-refractivity contribution is -0.154. The Bertz CT molecular complexity index is 819. The fourth-order valence-electron chi connectivity index (χ4n) is 3.67. The lowest BCUT2D eigenvalue weighted by Gasteiger charge is -2.10. The number of carbonyl (C=O) groups is 2. The average molecular weight is 447 g/mol. The highest BCUT2D eigenvalue weighted by atomic mass is 16.6. The van der Waals surface area contributed by atoms with Crippen LogP contribution in [-0.2, 0) is 14.3 Å². The third-order valence-corrected chi connectivity index (χ3v) is 5.59. The van der Waals surface area contributed by atoms with Gasteiger partial charge in [0.15, 0.2) is 0 Å². The third-order valence-electron chi connectivity index (χ3n) is 5.59. The molecule has 0 saturated heterocycles. The van der Waals surface area contributed by atoms with Crippen LogP contribution in [-0.4, -0.2) is 11.9 Å². The van der Waals surface area contributed by atoms with Crippen molar-refractivity contribution >= 4 is 24.1 Å². The van der Waals surface area contributed by atoms with Gasteiger partial charge in [0.2, 0.25) is 0 Å². The molecule has 2 rings (SSSR count). The number of benzene rings is 2. The van der Waals surface area contributed by atoms with Crippen LogP contribution < -0.4 is 0 Å². The van der Waals surface area contributed by atoms with Crippen molar-refractivity contribution in [2.45, 2.75) is 78.1 Å². The monoisotopic (exact) mass is 446 g/mol. The molecule has 0 atom stereocenters. The van der Waals surface area contributed by atoms with Crippen LogP contribution in [0, 0.1) is 0 Å². The molecular formula is C30H38O3. The van der Waals surface area contributed by atoms with Crippen molar-refractivity contribution in [1.82, 2.24) is 0 Å². The van der Waals surface area contributed by atoms with Gasteiger partial charge in [0.05, 0.1) is 0 Å². The van der Waals surface area contributed by atoms with Crippen molar-refractivity contribution < 1.29 is 14.3 Å². The second-order valence-corrected chi connectivity index (χ2v) is 8.46. The molecule has 176 valence electrons. The molecule has 33 heavy (non-hydrogen) atoms. The largest absolute Gasteiger partial charge is 0.386 e. The SMILES string of the molecule is CCCCCCC(=Cc1ccccc1)C(=O)OC(=O)C(=Cc1ccccc1)CCCCCC.